The largest absolute Gasteiger partial charge is 0.361 e. The number of nitrogens with two attached hydrogens (primary N) is 1. The van der Waals surface area contributed by atoms with Crippen LogP contribution in [0.3, 0.4) is 0 Å². The monoisotopic (exact) mass is 320 g/mol. The van der Waals surface area contributed by atoms with Crippen LogP contribution in [0.2, 0.25) is 0 Å². The van der Waals surface area contributed by atoms with Crippen LogP contribution in [0, 0.1) is 17.2 Å². The molecule has 1 fully saturated rings. The number of H-pyrrole nitrogens is 1. The van der Waals surface area contributed by atoms with E-state index in [1.807, 2.05) is 4.31 Å². The van der Waals surface area contributed by atoms with Crippen molar-refractivity contribution in [3.63, 3.8) is 0 Å². The maximum Gasteiger partial charge on any atom is 0.0701 e. The quantitative estimate of drug-likeness (QED) is 0.676. The first-order chi connectivity index (χ1) is 10.5. The molecule has 1 aliphatic heterocycles. The highest BCUT2D eigenvalue weighted by Crippen LogP contribution is 2.27. The molecule has 0 aromatic carbocycles. The normalized spacial score (nSPS) is 27.0. The van der Waals surface area contributed by atoms with E-state index >= 15 is 0 Å². The lowest BCUT2D eigenvalue weighted by Crippen LogP contribution is -2.42. The van der Waals surface area contributed by atoms with Crippen LogP contribution in [0.5, 0.6) is 0 Å². The van der Waals surface area contributed by atoms with E-state index in [4.69, 9.17) is 10.4 Å². The first kappa shape index (κ1) is 15.5. The summed E-state index contributed by atoms with van der Waals surface area (Å²) in [6, 6.07) is 2.34. The number of fused-ring (bicyclic) bond motifs is 1. The van der Waals surface area contributed by atoms with Gasteiger partial charge in [0.15, 0.2) is 0 Å². The summed E-state index contributed by atoms with van der Waals surface area (Å²) >= 11 is 0. The van der Waals surface area contributed by atoms with Gasteiger partial charge < -0.3 is 4.98 Å². The van der Waals surface area contributed by atoms with Crippen molar-refractivity contribution >= 4 is 22.5 Å². The predicted octanol–water partition coefficient (Wildman–Crippen LogP) is 0.124. The molecule has 0 spiro atoms. The van der Waals surface area contributed by atoms with Crippen LogP contribution >= 0.6 is 0 Å². The summed E-state index contributed by atoms with van der Waals surface area (Å²) in [5.74, 6) is 0.419. The van der Waals surface area contributed by atoms with Gasteiger partial charge in [0.1, 0.15) is 0 Å². The smallest absolute Gasteiger partial charge is 0.0701 e. The Hall–Kier alpha value is -1.42. The van der Waals surface area contributed by atoms with Crippen molar-refractivity contribution in [2.45, 2.75) is 31.6 Å². The van der Waals surface area contributed by atoms with Crippen molar-refractivity contribution in [3.05, 3.63) is 22.3 Å². The molecule has 1 aromatic rings. The van der Waals surface area contributed by atoms with Crippen LogP contribution in [-0.2, 0) is 10.3 Å². The van der Waals surface area contributed by atoms with E-state index in [2.05, 4.69) is 29.4 Å². The molecule has 0 amide bonds. The highest BCUT2D eigenvalue weighted by Gasteiger charge is 2.24. The maximum atomic E-state index is 12.1. The van der Waals surface area contributed by atoms with Gasteiger partial charge in [0.25, 0.3) is 0 Å². The third-order valence-electron chi connectivity index (χ3n) is 4.80. The fraction of sp³-hybridized carbons (Fsp3) is 0.562. The lowest BCUT2D eigenvalue weighted by molar-refractivity contribution is 0.449. The number of rotatable bonds is 2. The molecule has 2 unspecified atom stereocenters. The number of hydrogen-bond donors (Lipinski definition) is 3. The maximum absolute atomic E-state index is 12.1. The first-order valence-corrected chi connectivity index (χ1v) is 10.1. The summed E-state index contributed by atoms with van der Waals surface area (Å²) in [5, 5.41) is 17.3. The summed E-state index contributed by atoms with van der Waals surface area (Å²) in [4.78, 5) is 3.34. The summed E-state index contributed by atoms with van der Waals surface area (Å²) in [5.41, 5.74) is 1.30. The van der Waals surface area contributed by atoms with Crippen LogP contribution in [-0.4, -0.2) is 32.8 Å². The third kappa shape index (κ3) is 3.02. The van der Waals surface area contributed by atoms with Gasteiger partial charge in [-0.05, 0) is 52.7 Å². The van der Waals surface area contributed by atoms with Crippen LogP contribution in [0.15, 0.2) is 6.20 Å². The van der Waals surface area contributed by atoms with Crippen molar-refractivity contribution in [2.24, 2.45) is 11.1 Å². The molecule has 3 rings (SSSR count). The van der Waals surface area contributed by atoms with E-state index in [0.717, 1.165) is 44.1 Å². The van der Waals surface area contributed by atoms with Crippen molar-refractivity contribution < 1.29 is 4.21 Å². The molecule has 3 N–H and O–H groups in total. The summed E-state index contributed by atoms with van der Waals surface area (Å²) in [6.07, 6.45) is 11.8. The topological polar surface area (TPSA) is 85.9 Å². The lowest BCUT2D eigenvalue weighted by atomic mass is 9.90. The van der Waals surface area contributed by atoms with E-state index in [9.17, 15) is 4.21 Å². The molecule has 1 aromatic heterocycles. The Morgan fingerprint density at radius 2 is 2.27 bits per heavy atom. The van der Waals surface area contributed by atoms with Crippen LogP contribution in [0.4, 0.5) is 0 Å². The van der Waals surface area contributed by atoms with Crippen molar-refractivity contribution in [1.29, 1.82) is 5.26 Å². The van der Waals surface area contributed by atoms with E-state index in [1.54, 1.807) is 6.26 Å². The van der Waals surface area contributed by atoms with Crippen molar-refractivity contribution in [2.75, 3.05) is 19.3 Å². The summed E-state index contributed by atoms with van der Waals surface area (Å²) < 4.78 is 14.0. The molecular weight excluding hydrogens is 296 g/mol. The Balaban J connectivity index is 1.87. The van der Waals surface area contributed by atoms with E-state index in [-0.39, 0.29) is 5.92 Å². The molecule has 5 nitrogen and oxygen atoms in total. The van der Waals surface area contributed by atoms with Crippen LogP contribution in [0.25, 0.3) is 12.2 Å². The second kappa shape index (κ2) is 5.99. The SMILES string of the molecule is C[SH](N)(=O)N1CCCC(c2c[nH]c3c2=CC(C#N)CC=3)CC1. The molecule has 120 valence electrons. The average Bonchev–Trinajstić information content (AvgIpc) is 2.73. The van der Waals surface area contributed by atoms with Gasteiger partial charge in [-0.25, -0.2) is 4.31 Å². The van der Waals surface area contributed by atoms with Gasteiger partial charge in [-0.15, -0.1) is 0 Å². The van der Waals surface area contributed by atoms with Crippen LogP contribution < -0.4 is 15.7 Å². The minimum atomic E-state index is -2.64. The molecule has 6 heteroatoms. The number of nitrogens with zero attached hydrogens (tertiary/aromatic N) is 2. The summed E-state index contributed by atoms with van der Waals surface area (Å²) in [6.45, 7) is 1.59. The molecule has 22 heavy (non-hydrogen) atoms. The molecule has 1 saturated heterocycles. The Bertz CT molecular complexity index is 754. The van der Waals surface area contributed by atoms with Gasteiger partial charge in [-0.1, -0.05) is 12.2 Å². The van der Waals surface area contributed by atoms with E-state index < -0.39 is 10.3 Å². The number of aromatic amines is 1. The highest BCUT2D eigenvalue weighted by molar-refractivity contribution is 7.98. The first-order valence-electron chi connectivity index (χ1n) is 7.89. The zero-order valence-corrected chi connectivity index (χ0v) is 13.9. The molecular formula is C16H24N4OS. The van der Waals surface area contributed by atoms with Crippen molar-refractivity contribution in [3.8, 4) is 6.07 Å². The zero-order valence-electron chi connectivity index (χ0n) is 13.0. The Morgan fingerprint density at radius 3 is 3.00 bits per heavy atom. The number of hydrogen-bond acceptors (Lipinski definition) is 2. The molecule has 0 saturated carbocycles. The Labute approximate surface area is 132 Å². The standard InChI is InChI=1S/C16H24N4OS/c1-22(18,21)20-7-2-3-13(6-8-20)15-11-19-16-5-4-12(10-17)9-14(15)16/h5,9,11-13,19,22H,2-4,6-8H2,1H3,(H2,18,21). The van der Waals surface area contributed by atoms with Gasteiger partial charge >= 0.3 is 0 Å². The minimum Gasteiger partial charge on any atom is -0.361 e. The second-order valence-corrected chi connectivity index (χ2v) is 8.89. The fourth-order valence-electron chi connectivity index (χ4n) is 3.55. The highest BCUT2D eigenvalue weighted by atomic mass is 32.3. The Kier molecular flexibility index (Phi) is 4.22. The molecule has 0 radical (unpaired) electrons. The molecule has 2 aliphatic rings. The lowest BCUT2D eigenvalue weighted by Gasteiger charge is -2.28. The molecule has 2 heterocycles. The van der Waals surface area contributed by atoms with Gasteiger partial charge in [-0.2, -0.15) is 5.26 Å². The third-order valence-corrected chi connectivity index (χ3v) is 6.32. The van der Waals surface area contributed by atoms with Gasteiger partial charge in [-0.3, -0.25) is 9.35 Å². The molecule has 2 atom stereocenters. The average molecular weight is 320 g/mol. The van der Waals surface area contributed by atoms with Crippen molar-refractivity contribution in [1.82, 2.24) is 9.29 Å². The molecule has 0 bridgehead atoms. The van der Waals surface area contributed by atoms with Gasteiger partial charge in [0.05, 0.1) is 12.0 Å². The van der Waals surface area contributed by atoms with Gasteiger partial charge in [0.2, 0.25) is 0 Å². The van der Waals surface area contributed by atoms with E-state index in [1.165, 1.54) is 10.8 Å². The van der Waals surface area contributed by atoms with Gasteiger partial charge in [0, 0.05) is 30.9 Å². The summed E-state index contributed by atoms with van der Waals surface area (Å²) in [7, 11) is -2.64. The Morgan fingerprint density at radius 1 is 1.45 bits per heavy atom. The molecule has 1 aliphatic carbocycles. The van der Waals surface area contributed by atoms with E-state index in [0.29, 0.717) is 5.92 Å². The number of nitriles is 1. The predicted molar refractivity (Wildman–Crippen MR) is 90.5 cm³/mol. The number of nitrogens with one attached hydrogen (secondary N) is 1. The fourth-order valence-corrected chi connectivity index (χ4v) is 4.60. The number of aromatic nitrogens is 1. The number of thiol groups is 1. The second-order valence-electron chi connectivity index (χ2n) is 6.44. The zero-order chi connectivity index (χ0) is 15.7. The van der Waals surface area contributed by atoms with Crippen LogP contribution in [0.1, 0.15) is 37.2 Å². The minimum absolute atomic E-state index is 0.0239.